The van der Waals surface area contributed by atoms with Gasteiger partial charge in [-0.15, -0.1) is 0 Å². The predicted octanol–water partition coefficient (Wildman–Crippen LogP) is 5.72. The van der Waals surface area contributed by atoms with Gasteiger partial charge in [0.2, 0.25) is 0 Å². The highest BCUT2D eigenvalue weighted by Crippen LogP contribution is 2.30. The summed E-state index contributed by atoms with van der Waals surface area (Å²) in [6.07, 6.45) is 4.80. The van der Waals surface area contributed by atoms with E-state index in [1.165, 1.54) is 5.56 Å². The SMILES string of the molecule is CCCCOC(=O)NCc1cccc(-c2nc3c(CCC)nn(C)c3c(=O)[nH]2)c1.CCCc1nn(C)c2c(=O)[nH]c(-c3cc(CN4CCN(C)CC4)ccc3OCC)nc12. The summed E-state index contributed by atoms with van der Waals surface area (Å²) in [7, 11) is 5.71. The molecule has 0 radical (unpaired) electrons. The summed E-state index contributed by atoms with van der Waals surface area (Å²) in [6, 6.07) is 13.7. The third-order valence-electron chi connectivity index (χ3n) is 10.5. The molecule has 5 heterocycles. The second-order valence-corrected chi connectivity index (χ2v) is 15.3. The fourth-order valence-corrected chi connectivity index (χ4v) is 7.34. The lowest BCUT2D eigenvalue weighted by Gasteiger charge is -2.32. The smallest absolute Gasteiger partial charge is 0.407 e. The summed E-state index contributed by atoms with van der Waals surface area (Å²) in [6.45, 7) is 14.6. The number of hydrogen-bond acceptors (Lipinski definition) is 11. The third kappa shape index (κ3) is 10.5. The number of rotatable bonds is 15. The van der Waals surface area contributed by atoms with E-state index in [0.29, 0.717) is 53.5 Å². The standard InChI is InChI=1S/C23H32N6O2.C21H27N5O3/c1-5-7-18-20-21(28(4)26-18)23(30)25-22(24-20)17-14-16(8-9-19(17)31-6-2)15-29-12-10-27(3)11-13-29;1-4-6-11-29-21(28)22-13-14-9-7-10-15(12-14)19-23-17-16(8-5-2)25-26(3)18(17)20(27)24-19/h8-9,14H,5-7,10-13,15H2,1-4H3,(H,24,25,30);7,9-10,12H,4-6,8,11,13H2,1-3H3,(H,22,28)(H,23,24,27). The molecule has 6 aromatic rings. The van der Waals surface area contributed by atoms with Crippen molar-refractivity contribution in [3.8, 4) is 28.5 Å². The van der Waals surface area contributed by atoms with Gasteiger partial charge in [-0.05, 0) is 62.6 Å². The zero-order valence-corrected chi connectivity index (χ0v) is 36.1. The summed E-state index contributed by atoms with van der Waals surface area (Å²) in [5.41, 5.74) is 7.25. The molecule has 0 aliphatic carbocycles. The van der Waals surface area contributed by atoms with Crippen LogP contribution in [0.5, 0.6) is 5.75 Å². The first-order valence-corrected chi connectivity index (χ1v) is 21.1. The number of benzene rings is 2. The quantitative estimate of drug-likeness (QED) is 0.108. The Kier molecular flexibility index (Phi) is 14.9. The van der Waals surface area contributed by atoms with Crippen LogP contribution in [0.4, 0.5) is 4.79 Å². The number of hydrogen-bond donors (Lipinski definition) is 3. The van der Waals surface area contributed by atoms with Gasteiger partial charge in [-0.2, -0.15) is 10.2 Å². The normalized spacial score (nSPS) is 13.4. The summed E-state index contributed by atoms with van der Waals surface area (Å²) < 4.78 is 14.2. The summed E-state index contributed by atoms with van der Waals surface area (Å²) in [4.78, 5) is 57.4. The van der Waals surface area contributed by atoms with E-state index in [1.54, 1.807) is 23.5 Å². The third-order valence-corrected chi connectivity index (χ3v) is 10.5. The van der Waals surface area contributed by atoms with Gasteiger partial charge in [-0.1, -0.05) is 64.3 Å². The predicted molar refractivity (Wildman–Crippen MR) is 234 cm³/mol. The van der Waals surface area contributed by atoms with Crippen molar-refractivity contribution in [2.24, 2.45) is 14.1 Å². The molecular formula is C44H59N11O5. The number of fused-ring (bicyclic) bond motifs is 2. The number of nitrogens with zero attached hydrogens (tertiary/aromatic N) is 8. The lowest BCUT2D eigenvalue weighted by Crippen LogP contribution is -2.43. The Morgan fingerprint density at radius 2 is 1.40 bits per heavy atom. The molecule has 16 heteroatoms. The molecule has 0 bridgehead atoms. The number of unbranched alkanes of at least 4 members (excludes halogenated alkanes) is 1. The molecule has 1 saturated heterocycles. The molecule has 1 amide bonds. The Labute approximate surface area is 350 Å². The van der Waals surface area contributed by atoms with E-state index in [0.717, 1.165) is 105 Å². The number of carbonyl (C=O) groups is 1. The number of H-pyrrole nitrogens is 2. The average molecular weight is 822 g/mol. The number of aryl methyl sites for hydroxylation is 4. The zero-order valence-electron chi connectivity index (χ0n) is 36.1. The number of piperazine rings is 1. The van der Waals surface area contributed by atoms with Crippen LogP contribution in [0.15, 0.2) is 52.1 Å². The molecule has 3 N–H and O–H groups in total. The lowest BCUT2D eigenvalue weighted by atomic mass is 10.1. The minimum Gasteiger partial charge on any atom is -0.493 e. The van der Waals surface area contributed by atoms with Gasteiger partial charge in [0.1, 0.15) is 28.4 Å². The Bertz CT molecular complexity index is 2510. The highest BCUT2D eigenvalue weighted by Gasteiger charge is 2.20. The van der Waals surface area contributed by atoms with Gasteiger partial charge in [0.25, 0.3) is 11.1 Å². The van der Waals surface area contributed by atoms with E-state index >= 15 is 0 Å². The molecule has 7 rings (SSSR count). The summed E-state index contributed by atoms with van der Waals surface area (Å²) >= 11 is 0. The number of aromatic nitrogens is 8. The van der Waals surface area contributed by atoms with E-state index in [4.69, 9.17) is 14.5 Å². The maximum atomic E-state index is 12.9. The largest absolute Gasteiger partial charge is 0.493 e. The van der Waals surface area contributed by atoms with Crippen molar-refractivity contribution in [2.45, 2.75) is 79.3 Å². The molecule has 2 aromatic carbocycles. The molecule has 0 unspecified atom stereocenters. The van der Waals surface area contributed by atoms with Crippen molar-refractivity contribution in [1.82, 2.24) is 54.6 Å². The van der Waals surface area contributed by atoms with Crippen LogP contribution in [-0.4, -0.2) is 102 Å². The van der Waals surface area contributed by atoms with Crippen LogP contribution < -0.4 is 21.2 Å². The van der Waals surface area contributed by atoms with E-state index in [1.807, 2.05) is 44.2 Å². The van der Waals surface area contributed by atoms with Crippen LogP contribution in [0.2, 0.25) is 0 Å². The van der Waals surface area contributed by atoms with Crippen LogP contribution in [0.1, 0.15) is 75.9 Å². The van der Waals surface area contributed by atoms with Gasteiger partial charge >= 0.3 is 6.09 Å². The van der Waals surface area contributed by atoms with Gasteiger partial charge in [-0.3, -0.25) is 23.9 Å². The van der Waals surface area contributed by atoms with E-state index in [9.17, 15) is 14.4 Å². The van der Waals surface area contributed by atoms with Crippen LogP contribution in [0, 0.1) is 0 Å². The number of alkyl carbamates (subject to hydrolysis) is 1. The van der Waals surface area contributed by atoms with Crippen LogP contribution in [-0.2, 0) is 44.8 Å². The van der Waals surface area contributed by atoms with Gasteiger partial charge in [0.15, 0.2) is 11.0 Å². The van der Waals surface area contributed by atoms with E-state index < -0.39 is 6.09 Å². The molecule has 60 heavy (non-hydrogen) atoms. The minimum atomic E-state index is -0.434. The van der Waals surface area contributed by atoms with Crippen molar-refractivity contribution in [3.05, 3.63) is 85.7 Å². The maximum absolute atomic E-state index is 12.9. The second-order valence-electron chi connectivity index (χ2n) is 15.3. The first-order valence-electron chi connectivity index (χ1n) is 21.1. The zero-order chi connectivity index (χ0) is 42.8. The molecule has 0 spiro atoms. The number of nitrogens with one attached hydrogen (secondary N) is 3. The van der Waals surface area contributed by atoms with E-state index in [-0.39, 0.29) is 11.1 Å². The molecule has 320 valence electrons. The summed E-state index contributed by atoms with van der Waals surface area (Å²) in [5.74, 6) is 1.75. The first kappa shape index (κ1) is 43.7. The summed E-state index contributed by atoms with van der Waals surface area (Å²) in [5, 5.41) is 11.7. The Balaban J connectivity index is 0.000000202. The fraction of sp³-hybridized carbons (Fsp3) is 0.477. The van der Waals surface area contributed by atoms with E-state index in [2.05, 4.69) is 73.3 Å². The molecule has 1 fully saturated rings. The lowest BCUT2D eigenvalue weighted by molar-refractivity contribution is 0.144. The molecule has 1 aliphatic heterocycles. The van der Waals surface area contributed by atoms with Crippen molar-refractivity contribution in [3.63, 3.8) is 0 Å². The molecule has 0 atom stereocenters. The monoisotopic (exact) mass is 821 g/mol. The molecule has 4 aromatic heterocycles. The Morgan fingerprint density at radius 1 is 0.767 bits per heavy atom. The first-order chi connectivity index (χ1) is 29.0. The highest BCUT2D eigenvalue weighted by molar-refractivity contribution is 5.80. The van der Waals surface area contributed by atoms with Crippen LogP contribution in [0.25, 0.3) is 44.8 Å². The number of amides is 1. The fourth-order valence-electron chi connectivity index (χ4n) is 7.34. The molecule has 1 aliphatic rings. The second kappa shape index (κ2) is 20.4. The average Bonchev–Trinajstić information content (AvgIpc) is 3.73. The Hall–Kier alpha value is -5.87. The van der Waals surface area contributed by atoms with Crippen LogP contribution in [0.3, 0.4) is 0 Å². The Morgan fingerprint density at radius 3 is 2.02 bits per heavy atom. The van der Waals surface area contributed by atoms with Gasteiger partial charge < -0.3 is 29.7 Å². The number of aromatic amines is 2. The van der Waals surface area contributed by atoms with Crippen molar-refractivity contribution in [1.29, 1.82) is 0 Å². The number of ether oxygens (including phenoxy) is 2. The van der Waals surface area contributed by atoms with Crippen molar-refractivity contribution < 1.29 is 14.3 Å². The minimum absolute atomic E-state index is 0.177. The molecule has 16 nitrogen and oxygen atoms in total. The van der Waals surface area contributed by atoms with Gasteiger partial charge in [0, 0.05) is 58.9 Å². The molecule has 0 saturated carbocycles. The van der Waals surface area contributed by atoms with Crippen molar-refractivity contribution in [2.75, 3.05) is 46.4 Å². The van der Waals surface area contributed by atoms with Crippen molar-refractivity contribution >= 4 is 28.2 Å². The highest BCUT2D eigenvalue weighted by atomic mass is 16.5. The topological polar surface area (TPSA) is 181 Å². The van der Waals surface area contributed by atoms with Crippen LogP contribution >= 0.6 is 0 Å². The number of likely N-dealkylation sites (N-methyl/N-ethyl adjacent to an activating group) is 1. The maximum Gasteiger partial charge on any atom is 0.407 e. The number of carbonyl (C=O) groups excluding carboxylic acids is 1. The molecular weight excluding hydrogens is 763 g/mol. The van der Waals surface area contributed by atoms with Gasteiger partial charge in [-0.25, -0.2) is 14.8 Å². The van der Waals surface area contributed by atoms with Gasteiger partial charge in [0.05, 0.1) is 30.2 Å².